The van der Waals surface area contributed by atoms with E-state index in [-0.39, 0.29) is 0 Å². The molecule has 0 aliphatic rings. The first-order valence-electron chi connectivity index (χ1n) is 4.79. The lowest BCUT2D eigenvalue weighted by Gasteiger charge is -1.98. The Morgan fingerprint density at radius 1 is 1.00 bits per heavy atom. The summed E-state index contributed by atoms with van der Waals surface area (Å²) in [5, 5.41) is 0. The summed E-state index contributed by atoms with van der Waals surface area (Å²) in [6, 6.07) is 13.4. The van der Waals surface area contributed by atoms with Crippen LogP contribution in [0.3, 0.4) is 0 Å². The number of hydrogen-bond acceptors (Lipinski definition) is 2. The summed E-state index contributed by atoms with van der Waals surface area (Å²) < 4.78 is 0. The molecule has 0 aliphatic carbocycles. The van der Waals surface area contributed by atoms with E-state index in [1.807, 2.05) is 36.4 Å². The number of nitrogens with zero attached hydrogens (tertiary/aromatic N) is 1. The monoisotopic (exact) mass is 228 g/mol. The Hall–Kier alpha value is -1.98. The molecule has 2 nitrogen and oxygen atoms in total. The summed E-state index contributed by atoms with van der Waals surface area (Å²) in [6.07, 6.45) is 1.69. The van der Waals surface area contributed by atoms with Gasteiger partial charge in [0, 0.05) is 23.5 Å². The van der Waals surface area contributed by atoms with Crippen LogP contribution in [0.15, 0.2) is 48.7 Å². The van der Waals surface area contributed by atoms with E-state index >= 15 is 0 Å². The quantitative estimate of drug-likeness (QED) is 0.600. The smallest absolute Gasteiger partial charge is 0.137 e. The Morgan fingerprint density at radius 2 is 1.81 bits per heavy atom. The number of pyridine rings is 1. The second-order valence-corrected chi connectivity index (χ2v) is 3.30. The first kappa shape index (κ1) is 10.5. The van der Waals surface area contributed by atoms with Crippen LogP contribution in [0.1, 0.15) is 11.3 Å². The van der Waals surface area contributed by atoms with Crippen molar-refractivity contribution < 1.29 is 0 Å². The molecule has 0 spiro atoms. The van der Waals surface area contributed by atoms with E-state index < -0.39 is 0 Å². The van der Waals surface area contributed by atoms with Crippen LogP contribution in [0.4, 0.5) is 5.69 Å². The molecule has 0 unspecified atom stereocenters. The Bertz CT molecular complexity index is 526. The second-order valence-electron chi connectivity index (χ2n) is 3.11. The Labute approximate surface area is 99.4 Å². The molecule has 1 aromatic heterocycles. The van der Waals surface area contributed by atoms with Crippen molar-refractivity contribution in [1.29, 1.82) is 0 Å². The number of hydrogen-bond donors (Lipinski definition) is 1. The van der Waals surface area contributed by atoms with Crippen LogP contribution < -0.4 is 4.84 Å². The topological polar surface area (TPSA) is 24.9 Å². The molecule has 0 aliphatic heterocycles. The SMILES string of the molecule is ClNc1cccnc1C#Cc1ccccc1. The normalized spacial score (nSPS) is 9.06. The van der Waals surface area contributed by atoms with Gasteiger partial charge < -0.3 is 0 Å². The molecule has 16 heavy (non-hydrogen) atoms. The highest BCUT2D eigenvalue weighted by atomic mass is 35.5. The summed E-state index contributed by atoms with van der Waals surface area (Å²) >= 11 is 5.56. The molecule has 0 radical (unpaired) electrons. The Kier molecular flexibility index (Phi) is 3.42. The lowest BCUT2D eigenvalue weighted by atomic mass is 10.2. The zero-order chi connectivity index (χ0) is 11.2. The van der Waals surface area contributed by atoms with Crippen LogP contribution >= 0.6 is 11.8 Å². The van der Waals surface area contributed by atoms with Gasteiger partial charge in [-0.25, -0.2) is 4.98 Å². The van der Waals surface area contributed by atoms with Crippen LogP contribution in [-0.2, 0) is 0 Å². The molecule has 0 amide bonds. The van der Waals surface area contributed by atoms with Gasteiger partial charge in [0.25, 0.3) is 0 Å². The molecular formula is C13H9ClN2. The number of nitrogens with one attached hydrogen (secondary N) is 1. The van der Waals surface area contributed by atoms with Gasteiger partial charge in [-0.1, -0.05) is 24.1 Å². The molecule has 1 heterocycles. The van der Waals surface area contributed by atoms with Crippen LogP contribution in [0.5, 0.6) is 0 Å². The van der Waals surface area contributed by atoms with Crippen molar-refractivity contribution in [1.82, 2.24) is 4.98 Å². The van der Waals surface area contributed by atoms with Crippen molar-refractivity contribution in [3.8, 4) is 11.8 Å². The first-order chi connectivity index (χ1) is 7.90. The molecule has 1 N–H and O–H groups in total. The number of halogens is 1. The Morgan fingerprint density at radius 3 is 2.56 bits per heavy atom. The number of rotatable bonds is 1. The zero-order valence-corrected chi connectivity index (χ0v) is 9.20. The minimum absolute atomic E-state index is 0.640. The zero-order valence-electron chi connectivity index (χ0n) is 8.44. The average Bonchev–Trinajstić information content (AvgIpc) is 2.38. The molecule has 0 saturated heterocycles. The first-order valence-corrected chi connectivity index (χ1v) is 5.16. The summed E-state index contributed by atoms with van der Waals surface area (Å²) in [5.74, 6) is 6.00. The van der Waals surface area contributed by atoms with Gasteiger partial charge in [-0.3, -0.25) is 4.84 Å². The van der Waals surface area contributed by atoms with Crippen molar-refractivity contribution in [3.05, 3.63) is 59.9 Å². The fourth-order valence-corrected chi connectivity index (χ4v) is 1.39. The van der Waals surface area contributed by atoms with E-state index in [4.69, 9.17) is 11.8 Å². The van der Waals surface area contributed by atoms with E-state index in [1.54, 1.807) is 12.3 Å². The molecule has 3 heteroatoms. The van der Waals surface area contributed by atoms with Gasteiger partial charge in [0.15, 0.2) is 0 Å². The van der Waals surface area contributed by atoms with Crippen molar-refractivity contribution in [2.45, 2.75) is 0 Å². The maximum Gasteiger partial charge on any atom is 0.137 e. The molecule has 0 fully saturated rings. The van der Waals surface area contributed by atoms with Gasteiger partial charge >= 0.3 is 0 Å². The summed E-state index contributed by atoms with van der Waals surface area (Å²) in [4.78, 5) is 6.68. The highest BCUT2D eigenvalue weighted by Crippen LogP contribution is 2.11. The molecule has 1 aromatic carbocycles. The lowest BCUT2D eigenvalue weighted by Crippen LogP contribution is -1.89. The molecule has 0 bridgehead atoms. The standard InChI is InChI=1S/C13H9ClN2/c14-16-13-7-4-10-15-12(13)9-8-11-5-2-1-3-6-11/h1-7,10,16H. The van der Waals surface area contributed by atoms with E-state index in [2.05, 4.69) is 21.7 Å². The summed E-state index contributed by atoms with van der Waals surface area (Å²) in [7, 11) is 0. The van der Waals surface area contributed by atoms with Crippen molar-refractivity contribution in [3.63, 3.8) is 0 Å². The van der Waals surface area contributed by atoms with Gasteiger partial charge in [0.2, 0.25) is 0 Å². The largest absolute Gasteiger partial charge is 0.296 e. The molecule has 0 atom stereocenters. The average molecular weight is 229 g/mol. The lowest BCUT2D eigenvalue weighted by molar-refractivity contribution is 1.29. The molecule has 0 saturated carbocycles. The summed E-state index contributed by atoms with van der Waals surface area (Å²) in [6.45, 7) is 0. The highest BCUT2D eigenvalue weighted by Gasteiger charge is 1.96. The van der Waals surface area contributed by atoms with E-state index in [0.29, 0.717) is 11.4 Å². The maximum absolute atomic E-state index is 5.56. The van der Waals surface area contributed by atoms with Gasteiger partial charge in [-0.15, -0.1) is 0 Å². The van der Waals surface area contributed by atoms with Crippen LogP contribution in [0.25, 0.3) is 0 Å². The highest BCUT2D eigenvalue weighted by molar-refractivity contribution is 6.24. The Balaban J connectivity index is 2.31. The van der Waals surface area contributed by atoms with Gasteiger partial charge in [0.05, 0.1) is 5.69 Å². The predicted octanol–water partition coefficient (Wildman–Crippen LogP) is 3.05. The van der Waals surface area contributed by atoms with Crippen LogP contribution in [0, 0.1) is 11.8 Å². The third-order valence-corrected chi connectivity index (χ3v) is 2.21. The van der Waals surface area contributed by atoms with Crippen LogP contribution in [0.2, 0.25) is 0 Å². The van der Waals surface area contributed by atoms with Gasteiger partial charge in [-0.2, -0.15) is 0 Å². The fourth-order valence-electron chi connectivity index (χ4n) is 1.23. The second kappa shape index (κ2) is 5.20. The molecule has 2 aromatic rings. The minimum Gasteiger partial charge on any atom is -0.296 e. The fraction of sp³-hybridized carbons (Fsp3) is 0. The van der Waals surface area contributed by atoms with Crippen molar-refractivity contribution >= 4 is 17.5 Å². The number of anilines is 1. The van der Waals surface area contributed by atoms with Crippen molar-refractivity contribution in [2.75, 3.05) is 4.84 Å². The van der Waals surface area contributed by atoms with Gasteiger partial charge in [-0.05, 0) is 30.2 Å². The van der Waals surface area contributed by atoms with Crippen molar-refractivity contribution in [2.24, 2.45) is 0 Å². The summed E-state index contributed by atoms with van der Waals surface area (Å²) in [5.41, 5.74) is 2.31. The van der Waals surface area contributed by atoms with Crippen LogP contribution in [-0.4, -0.2) is 4.98 Å². The minimum atomic E-state index is 0.640. The molecular weight excluding hydrogens is 220 g/mol. The third kappa shape index (κ3) is 2.53. The van der Waals surface area contributed by atoms with E-state index in [9.17, 15) is 0 Å². The maximum atomic E-state index is 5.56. The van der Waals surface area contributed by atoms with Gasteiger partial charge in [0.1, 0.15) is 5.69 Å². The van der Waals surface area contributed by atoms with E-state index in [1.165, 1.54) is 0 Å². The third-order valence-electron chi connectivity index (χ3n) is 2.01. The number of benzene rings is 1. The molecule has 78 valence electrons. The van der Waals surface area contributed by atoms with E-state index in [0.717, 1.165) is 5.56 Å². The molecule has 2 rings (SSSR count). The number of aromatic nitrogens is 1. The predicted molar refractivity (Wildman–Crippen MR) is 66.1 cm³/mol.